The minimum absolute atomic E-state index is 0.00643. The average molecular weight is 431 g/mol. The number of anilines is 1. The van der Waals surface area contributed by atoms with Gasteiger partial charge in [-0.2, -0.15) is 4.31 Å². The third kappa shape index (κ3) is 6.00. The van der Waals surface area contributed by atoms with E-state index in [9.17, 15) is 18.0 Å². The molecule has 0 radical (unpaired) electrons. The Hall–Kier alpha value is -2.51. The maximum atomic E-state index is 13.0. The Kier molecular flexibility index (Phi) is 7.55. The second-order valence-electron chi connectivity index (χ2n) is 8.29. The third-order valence-corrected chi connectivity index (χ3v) is 6.59. The smallest absolute Gasteiger partial charge is 0.243 e. The summed E-state index contributed by atoms with van der Waals surface area (Å²) in [5.74, 6) is -0.544. The second kappa shape index (κ2) is 9.53. The molecule has 0 bridgehead atoms. The number of ketones is 1. The van der Waals surface area contributed by atoms with E-state index >= 15 is 0 Å². The molecule has 7 heteroatoms. The van der Waals surface area contributed by atoms with Crippen LogP contribution in [0.4, 0.5) is 5.69 Å². The van der Waals surface area contributed by atoms with Crippen molar-refractivity contribution in [2.45, 2.75) is 51.3 Å². The van der Waals surface area contributed by atoms with Crippen molar-refractivity contribution in [1.29, 1.82) is 0 Å². The molecule has 0 heterocycles. The van der Waals surface area contributed by atoms with Gasteiger partial charge in [0.15, 0.2) is 5.78 Å². The first-order valence-corrected chi connectivity index (χ1v) is 11.4. The Labute approximate surface area is 179 Å². The van der Waals surface area contributed by atoms with E-state index < -0.39 is 15.9 Å². The molecule has 0 spiro atoms. The molecule has 0 unspecified atom stereocenters. The largest absolute Gasteiger partial charge is 0.325 e. The summed E-state index contributed by atoms with van der Waals surface area (Å²) in [6, 6.07) is 13.3. The van der Waals surface area contributed by atoms with Crippen molar-refractivity contribution in [3.05, 3.63) is 59.7 Å². The molecule has 1 N–H and O–H groups in total. The normalized spacial score (nSPS) is 12.1. The first-order valence-electron chi connectivity index (χ1n) is 9.96. The lowest BCUT2D eigenvalue weighted by atomic mass is 9.87. The molecule has 0 saturated carbocycles. The fourth-order valence-electron chi connectivity index (χ4n) is 2.96. The Balaban J connectivity index is 2.15. The van der Waals surface area contributed by atoms with Gasteiger partial charge in [-0.1, -0.05) is 52.0 Å². The highest BCUT2D eigenvalue weighted by molar-refractivity contribution is 7.89. The second-order valence-corrected chi connectivity index (χ2v) is 10.2. The van der Waals surface area contributed by atoms with Crippen LogP contribution in [0, 0.1) is 0 Å². The predicted molar refractivity (Wildman–Crippen MR) is 119 cm³/mol. The molecule has 0 atom stereocenters. The van der Waals surface area contributed by atoms with E-state index in [2.05, 4.69) is 26.1 Å². The summed E-state index contributed by atoms with van der Waals surface area (Å²) in [5.41, 5.74) is 2.21. The monoisotopic (exact) mass is 430 g/mol. The highest BCUT2D eigenvalue weighted by Gasteiger charge is 2.26. The molecule has 2 aromatic carbocycles. The number of hydrogen-bond acceptors (Lipinski definition) is 4. The number of nitrogens with one attached hydrogen (secondary N) is 1. The number of sulfonamides is 1. The zero-order valence-electron chi connectivity index (χ0n) is 18.2. The molecule has 0 aliphatic rings. The lowest BCUT2D eigenvalue weighted by Crippen LogP contribution is -2.38. The van der Waals surface area contributed by atoms with Gasteiger partial charge in [0.1, 0.15) is 0 Å². The SMILES string of the molecule is CCCN(CC(=O)Nc1ccc(C(C)(C)C)cc1)S(=O)(=O)c1ccc(C(C)=O)cc1. The molecule has 0 fully saturated rings. The Morgan fingerprint density at radius 3 is 2.00 bits per heavy atom. The van der Waals surface area contributed by atoms with Crippen molar-refractivity contribution in [3.8, 4) is 0 Å². The summed E-state index contributed by atoms with van der Waals surface area (Å²) in [5, 5.41) is 2.77. The zero-order chi connectivity index (χ0) is 22.5. The minimum Gasteiger partial charge on any atom is -0.325 e. The van der Waals surface area contributed by atoms with E-state index in [1.54, 1.807) is 0 Å². The van der Waals surface area contributed by atoms with Gasteiger partial charge in [-0.25, -0.2) is 8.42 Å². The summed E-state index contributed by atoms with van der Waals surface area (Å²) < 4.78 is 27.2. The number of amides is 1. The molecule has 30 heavy (non-hydrogen) atoms. The minimum atomic E-state index is -3.86. The number of nitrogens with zero attached hydrogens (tertiary/aromatic N) is 1. The summed E-state index contributed by atoms with van der Waals surface area (Å²) in [6.07, 6.45) is 0.568. The Morgan fingerprint density at radius 1 is 0.967 bits per heavy atom. The van der Waals surface area contributed by atoms with Gasteiger partial charge in [0.25, 0.3) is 0 Å². The number of carbonyl (C=O) groups is 2. The van der Waals surface area contributed by atoms with Gasteiger partial charge < -0.3 is 5.32 Å². The summed E-state index contributed by atoms with van der Waals surface area (Å²) in [4.78, 5) is 24.0. The van der Waals surface area contributed by atoms with Crippen LogP contribution in [0.25, 0.3) is 0 Å². The van der Waals surface area contributed by atoms with E-state index in [4.69, 9.17) is 0 Å². The van der Waals surface area contributed by atoms with Gasteiger partial charge in [0.05, 0.1) is 11.4 Å². The van der Waals surface area contributed by atoms with Crippen LogP contribution in [0.3, 0.4) is 0 Å². The van der Waals surface area contributed by atoms with Crippen LogP contribution >= 0.6 is 0 Å². The molecule has 162 valence electrons. The lowest BCUT2D eigenvalue weighted by molar-refractivity contribution is -0.116. The Morgan fingerprint density at radius 2 is 1.53 bits per heavy atom. The molecule has 0 aliphatic carbocycles. The maximum Gasteiger partial charge on any atom is 0.243 e. The van der Waals surface area contributed by atoms with Crippen molar-refractivity contribution in [3.63, 3.8) is 0 Å². The van der Waals surface area contributed by atoms with Crippen molar-refractivity contribution in [2.75, 3.05) is 18.4 Å². The summed E-state index contributed by atoms with van der Waals surface area (Å²) >= 11 is 0. The number of benzene rings is 2. The molecule has 2 rings (SSSR count). The van der Waals surface area contributed by atoms with Gasteiger partial charge in [-0.15, -0.1) is 0 Å². The molecule has 2 aromatic rings. The summed E-state index contributed by atoms with van der Waals surface area (Å²) in [7, 11) is -3.86. The quantitative estimate of drug-likeness (QED) is 0.636. The third-order valence-electron chi connectivity index (χ3n) is 4.73. The van der Waals surface area contributed by atoms with Crippen molar-refractivity contribution in [2.24, 2.45) is 0 Å². The van der Waals surface area contributed by atoms with Gasteiger partial charge in [-0.3, -0.25) is 9.59 Å². The van der Waals surface area contributed by atoms with Crippen LogP contribution in [0.2, 0.25) is 0 Å². The summed E-state index contributed by atoms with van der Waals surface area (Å²) in [6.45, 7) is 9.53. The maximum absolute atomic E-state index is 13.0. The first-order chi connectivity index (χ1) is 13.9. The van der Waals surface area contributed by atoms with Crippen LogP contribution in [-0.2, 0) is 20.2 Å². The fourth-order valence-corrected chi connectivity index (χ4v) is 4.45. The number of rotatable bonds is 8. The Bertz CT molecular complexity index is 989. The average Bonchev–Trinajstić information content (AvgIpc) is 2.67. The molecule has 1 amide bonds. The first kappa shape index (κ1) is 23.8. The van der Waals surface area contributed by atoms with Crippen LogP contribution in [0.1, 0.15) is 57.0 Å². The zero-order valence-corrected chi connectivity index (χ0v) is 19.0. The number of carbonyl (C=O) groups excluding carboxylic acids is 2. The van der Waals surface area contributed by atoms with Gasteiger partial charge in [0, 0.05) is 17.8 Å². The van der Waals surface area contributed by atoms with E-state index in [1.807, 2.05) is 31.2 Å². The van der Waals surface area contributed by atoms with Crippen LogP contribution in [0.15, 0.2) is 53.4 Å². The fraction of sp³-hybridized carbons (Fsp3) is 0.391. The predicted octanol–water partition coefficient (Wildman–Crippen LogP) is 4.23. The topological polar surface area (TPSA) is 83.6 Å². The molecule has 0 aliphatic heterocycles. The van der Waals surface area contributed by atoms with Crippen LogP contribution < -0.4 is 5.32 Å². The molecule has 0 aromatic heterocycles. The highest BCUT2D eigenvalue weighted by atomic mass is 32.2. The number of Topliss-reactive ketones (excluding diaryl/α,β-unsaturated/α-hetero) is 1. The van der Waals surface area contributed by atoms with E-state index in [-0.39, 0.29) is 29.2 Å². The molecule has 0 saturated heterocycles. The molecule has 6 nitrogen and oxygen atoms in total. The van der Waals surface area contributed by atoms with Crippen molar-refractivity contribution < 1.29 is 18.0 Å². The van der Waals surface area contributed by atoms with Gasteiger partial charge in [-0.05, 0) is 48.6 Å². The van der Waals surface area contributed by atoms with E-state index in [1.165, 1.54) is 31.2 Å². The number of hydrogen-bond donors (Lipinski definition) is 1. The lowest BCUT2D eigenvalue weighted by Gasteiger charge is -2.22. The van der Waals surface area contributed by atoms with E-state index in [0.717, 1.165) is 9.87 Å². The van der Waals surface area contributed by atoms with Crippen molar-refractivity contribution >= 4 is 27.4 Å². The highest BCUT2D eigenvalue weighted by Crippen LogP contribution is 2.23. The standard InChI is InChI=1S/C23H30N2O4S/c1-6-15-25(30(28,29)21-13-7-18(8-14-21)17(2)26)16-22(27)24-20-11-9-19(10-12-20)23(3,4)5/h7-14H,6,15-16H2,1-5H3,(H,24,27). The molecular weight excluding hydrogens is 400 g/mol. The van der Waals surface area contributed by atoms with Crippen LogP contribution in [0.5, 0.6) is 0 Å². The van der Waals surface area contributed by atoms with E-state index in [0.29, 0.717) is 17.7 Å². The van der Waals surface area contributed by atoms with Gasteiger partial charge >= 0.3 is 0 Å². The van der Waals surface area contributed by atoms with Crippen molar-refractivity contribution in [1.82, 2.24) is 4.31 Å². The van der Waals surface area contributed by atoms with Gasteiger partial charge in [0.2, 0.25) is 15.9 Å². The molecular formula is C23H30N2O4S. The van der Waals surface area contributed by atoms with Crippen LogP contribution in [-0.4, -0.2) is 37.5 Å².